The molecule has 1 atom stereocenters. The molecule has 0 aromatic heterocycles. The van der Waals surface area contributed by atoms with E-state index in [0.717, 1.165) is 22.5 Å². The fourth-order valence-corrected chi connectivity index (χ4v) is 3.31. The maximum atomic E-state index is 4.67. The van der Waals surface area contributed by atoms with Crippen molar-refractivity contribution in [2.45, 2.75) is 23.8 Å². The summed E-state index contributed by atoms with van der Waals surface area (Å²) in [6.07, 6.45) is 2.42. The van der Waals surface area contributed by atoms with Crippen molar-refractivity contribution in [3.8, 4) is 0 Å². The molecule has 2 aliphatic heterocycles. The van der Waals surface area contributed by atoms with Crippen molar-refractivity contribution >= 4 is 39.4 Å². The fraction of sp³-hybridized carbons (Fsp3) is 0.364. The summed E-state index contributed by atoms with van der Waals surface area (Å²) in [5.74, 6) is 1.07. The minimum Gasteiger partial charge on any atom is -0.312 e. The third-order valence-electron chi connectivity index (χ3n) is 2.82. The van der Waals surface area contributed by atoms with Crippen LogP contribution in [0.4, 0.5) is 5.69 Å². The van der Waals surface area contributed by atoms with E-state index in [-0.39, 0.29) is 0 Å². The van der Waals surface area contributed by atoms with Gasteiger partial charge < -0.3 is 10.0 Å². The summed E-state index contributed by atoms with van der Waals surface area (Å²) < 4.78 is 4.42. The van der Waals surface area contributed by atoms with Gasteiger partial charge in [0.25, 0.3) is 0 Å². The average molecular weight is 298 g/mol. The first kappa shape index (κ1) is 10.6. The Kier molecular flexibility index (Phi) is 2.91. The maximum absolute atomic E-state index is 4.67. The van der Waals surface area contributed by atoms with E-state index in [1.54, 1.807) is 11.9 Å². The monoisotopic (exact) mass is 297 g/mol. The number of hydrogen-bond acceptors (Lipinski definition) is 4. The van der Waals surface area contributed by atoms with Crippen molar-refractivity contribution in [1.82, 2.24) is 10.0 Å². The molecule has 0 unspecified atom stereocenters. The largest absolute Gasteiger partial charge is 0.312 e. The highest BCUT2D eigenvalue weighted by atomic mass is 79.9. The molecule has 1 fully saturated rings. The van der Waals surface area contributed by atoms with Gasteiger partial charge in [-0.1, -0.05) is 15.9 Å². The van der Waals surface area contributed by atoms with Gasteiger partial charge in [-0.05, 0) is 49.5 Å². The molecule has 0 amide bonds. The highest BCUT2D eigenvalue weighted by Crippen LogP contribution is 2.34. The molecule has 0 spiro atoms. The molecule has 2 N–H and O–H groups in total. The van der Waals surface area contributed by atoms with Crippen LogP contribution in [-0.2, 0) is 0 Å². The van der Waals surface area contributed by atoms with Crippen LogP contribution < -0.4 is 10.0 Å². The van der Waals surface area contributed by atoms with Gasteiger partial charge in [0.1, 0.15) is 5.84 Å². The van der Waals surface area contributed by atoms with Crippen molar-refractivity contribution in [3.63, 3.8) is 0 Å². The highest BCUT2D eigenvalue weighted by molar-refractivity contribution is 9.10. The van der Waals surface area contributed by atoms with Gasteiger partial charge in [-0.25, -0.2) is 4.99 Å². The quantitative estimate of drug-likeness (QED) is 0.783. The van der Waals surface area contributed by atoms with Gasteiger partial charge in [0.05, 0.1) is 16.6 Å². The van der Waals surface area contributed by atoms with E-state index in [2.05, 4.69) is 43.1 Å². The normalized spacial score (nSPS) is 23.6. The Hall–Kier alpha value is -0.520. The number of fused-ring (bicyclic) bond motifs is 1. The molecule has 3 rings (SSSR count). The van der Waals surface area contributed by atoms with Gasteiger partial charge in [0.15, 0.2) is 0 Å². The van der Waals surface area contributed by atoms with Crippen LogP contribution in [0.5, 0.6) is 0 Å². The Balaban J connectivity index is 1.91. The van der Waals surface area contributed by atoms with Gasteiger partial charge in [0.2, 0.25) is 0 Å². The topological polar surface area (TPSA) is 36.4 Å². The zero-order valence-corrected chi connectivity index (χ0v) is 11.1. The Labute approximate surface area is 107 Å². The van der Waals surface area contributed by atoms with E-state index >= 15 is 0 Å². The molecule has 16 heavy (non-hydrogen) atoms. The second-order valence-electron chi connectivity index (χ2n) is 3.96. The SMILES string of the molecule is Brc1ccc2c(c1)SNC([C@@H]1CCCN1)=N2. The van der Waals surface area contributed by atoms with Crippen molar-refractivity contribution in [2.75, 3.05) is 6.54 Å². The van der Waals surface area contributed by atoms with Gasteiger partial charge >= 0.3 is 0 Å². The van der Waals surface area contributed by atoms with Crippen molar-refractivity contribution in [3.05, 3.63) is 22.7 Å². The zero-order chi connectivity index (χ0) is 11.0. The van der Waals surface area contributed by atoms with E-state index in [4.69, 9.17) is 0 Å². The highest BCUT2D eigenvalue weighted by Gasteiger charge is 2.23. The number of amidine groups is 1. The van der Waals surface area contributed by atoms with Crippen LogP contribution in [0.25, 0.3) is 0 Å². The fourth-order valence-electron chi connectivity index (χ4n) is 1.99. The van der Waals surface area contributed by atoms with E-state index in [1.165, 1.54) is 17.7 Å². The lowest BCUT2D eigenvalue weighted by Gasteiger charge is -2.20. The van der Waals surface area contributed by atoms with E-state index < -0.39 is 0 Å². The van der Waals surface area contributed by atoms with Gasteiger partial charge in [-0.2, -0.15) is 0 Å². The summed E-state index contributed by atoms with van der Waals surface area (Å²) in [6.45, 7) is 1.10. The third kappa shape index (κ3) is 1.99. The summed E-state index contributed by atoms with van der Waals surface area (Å²) in [4.78, 5) is 5.85. The summed E-state index contributed by atoms with van der Waals surface area (Å²) in [5, 5.41) is 3.45. The van der Waals surface area contributed by atoms with Gasteiger partial charge in [-0.3, -0.25) is 0 Å². The summed E-state index contributed by atoms with van der Waals surface area (Å²) in [5.41, 5.74) is 1.07. The second-order valence-corrected chi connectivity index (χ2v) is 5.73. The number of halogens is 1. The predicted molar refractivity (Wildman–Crippen MR) is 71.3 cm³/mol. The van der Waals surface area contributed by atoms with Crippen LogP contribution in [0.15, 0.2) is 32.6 Å². The lowest BCUT2D eigenvalue weighted by atomic mass is 10.2. The Morgan fingerprint density at radius 1 is 1.44 bits per heavy atom. The van der Waals surface area contributed by atoms with Crippen molar-refractivity contribution in [2.24, 2.45) is 4.99 Å². The molecule has 1 saturated heterocycles. The van der Waals surface area contributed by atoms with Crippen LogP contribution in [-0.4, -0.2) is 18.4 Å². The molecular weight excluding hydrogens is 286 g/mol. The number of aliphatic imine (C=N–C) groups is 1. The molecule has 1 aromatic carbocycles. The molecule has 5 heteroatoms. The van der Waals surface area contributed by atoms with Gasteiger partial charge in [0, 0.05) is 4.47 Å². The third-order valence-corrected chi connectivity index (χ3v) is 4.17. The molecule has 2 heterocycles. The first-order valence-corrected chi connectivity index (χ1v) is 6.98. The number of nitrogens with zero attached hydrogens (tertiary/aromatic N) is 1. The molecule has 0 bridgehead atoms. The van der Waals surface area contributed by atoms with Crippen LogP contribution in [0, 0.1) is 0 Å². The predicted octanol–water partition coefficient (Wildman–Crippen LogP) is 2.84. The molecule has 0 radical (unpaired) electrons. The van der Waals surface area contributed by atoms with Crippen molar-refractivity contribution in [1.29, 1.82) is 0 Å². The minimum atomic E-state index is 0.407. The number of hydrogen-bond donors (Lipinski definition) is 2. The molecule has 0 saturated carbocycles. The standard InChI is InChI=1S/C11H12BrN3S/c12-7-3-4-8-10(6-7)16-15-11(14-8)9-2-1-5-13-9/h3-4,6,9,13H,1-2,5H2,(H,14,15)/t9-/m0/s1. The smallest absolute Gasteiger partial charge is 0.130 e. The Morgan fingerprint density at radius 2 is 2.38 bits per heavy atom. The van der Waals surface area contributed by atoms with Crippen LogP contribution >= 0.6 is 27.9 Å². The number of rotatable bonds is 1. The Bertz CT molecular complexity index is 441. The molecule has 1 aromatic rings. The average Bonchev–Trinajstić information content (AvgIpc) is 2.82. The molecule has 84 valence electrons. The van der Waals surface area contributed by atoms with E-state index in [9.17, 15) is 0 Å². The first-order chi connectivity index (χ1) is 7.83. The zero-order valence-electron chi connectivity index (χ0n) is 8.66. The summed E-state index contributed by atoms with van der Waals surface area (Å²) >= 11 is 5.12. The van der Waals surface area contributed by atoms with Gasteiger partial charge in [-0.15, -0.1) is 0 Å². The maximum Gasteiger partial charge on any atom is 0.130 e. The first-order valence-electron chi connectivity index (χ1n) is 5.37. The molecular formula is C11H12BrN3S. The molecule has 0 aliphatic carbocycles. The van der Waals surface area contributed by atoms with Crippen LogP contribution in [0.1, 0.15) is 12.8 Å². The number of benzene rings is 1. The van der Waals surface area contributed by atoms with E-state index in [0.29, 0.717) is 6.04 Å². The Morgan fingerprint density at radius 3 is 3.19 bits per heavy atom. The van der Waals surface area contributed by atoms with E-state index in [1.807, 2.05) is 6.07 Å². The molecule has 2 aliphatic rings. The lowest BCUT2D eigenvalue weighted by molar-refractivity contribution is 0.750. The van der Waals surface area contributed by atoms with Crippen LogP contribution in [0.2, 0.25) is 0 Å². The molecule has 3 nitrogen and oxygen atoms in total. The minimum absolute atomic E-state index is 0.407. The lowest BCUT2D eigenvalue weighted by Crippen LogP contribution is -2.38. The number of nitrogens with one attached hydrogen (secondary N) is 2. The van der Waals surface area contributed by atoms with Crippen molar-refractivity contribution < 1.29 is 0 Å². The summed E-state index contributed by atoms with van der Waals surface area (Å²) in [7, 11) is 0. The second kappa shape index (κ2) is 4.39. The van der Waals surface area contributed by atoms with Crippen LogP contribution in [0.3, 0.4) is 0 Å². The summed E-state index contributed by atoms with van der Waals surface area (Å²) in [6, 6.07) is 6.59.